The zero-order chi connectivity index (χ0) is 21.5. The molecule has 4 rings (SSSR count). The van der Waals surface area contributed by atoms with Gasteiger partial charge < -0.3 is 4.74 Å². The Bertz CT molecular complexity index is 1320. The van der Waals surface area contributed by atoms with Crippen molar-refractivity contribution in [3.63, 3.8) is 0 Å². The fourth-order valence-corrected chi connectivity index (χ4v) is 3.06. The van der Waals surface area contributed by atoms with Crippen LogP contribution in [0.2, 0.25) is 0 Å². The van der Waals surface area contributed by atoms with Gasteiger partial charge in [0.25, 0.3) is 5.56 Å². The summed E-state index contributed by atoms with van der Waals surface area (Å²) in [5.41, 5.74) is 2.18. The first-order valence-corrected chi connectivity index (χ1v) is 9.82. The second-order valence-corrected chi connectivity index (χ2v) is 6.83. The van der Waals surface area contributed by atoms with Crippen molar-refractivity contribution in [3.8, 4) is 5.75 Å². The number of hydrogen-bond donors (Lipinski definition) is 0. The molecule has 0 amide bonds. The first-order chi connectivity index (χ1) is 15.2. The van der Waals surface area contributed by atoms with E-state index in [4.69, 9.17) is 4.74 Å². The maximum atomic E-state index is 12.6. The number of benzene rings is 3. The third-order valence-electron chi connectivity index (χ3n) is 4.68. The summed E-state index contributed by atoms with van der Waals surface area (Å²) in [7, 11) is 0. The summed E-state index contributed by atoms with van der Waals surface area (Å²) < 4.78 is 7.27. The number of para-hydroxylation sites is 2. The third kappa shape index (κ3) is 5.03. The molecule has 1 heterocycles. The Morgan fingerprint density at radius 1 is 0.871 bits per heavy atom. The summed E-state index contributed by atoms with van der Waals surface area (Å²) in [6.45, 7) is 0.0172. The molecule has 0 saturated carbocycles. The quantitative estimate of drug-likeness (QED) is 0.415. The highest BCUT2D eigenvalue weighted by Crippen LogP contribution is 2.20. The minimum atomic E-state index is -0.167. The lowest BCUT2D eigenvalue weighted by Gasteiger charge is -2.11. The molecule has 5 nitrogen and oxygen atoms in total. The Hall–Kier alpha value is -4.25. The van der Waals surface area contributed by atoms with Crippen molar-refractivity contribution in [2.75, 3.05) is 0 Å². The second kappa shape index (κ2) is 9.50. The lowest BCUT2D eigenvalue weighted by Crippen LogP contribution is -2.23. The molecule has 1 aromatic heterocycles. The molecule has 4 aromatic rings. The van der Waals surface area contributed by atoms with Gasteiger partial charge in [-0.2, -0.15) is 0 Å². The fraction of sp³-hybridized carbons (Fsp3) is 0.0385. The Labute approximate surface area is 179 Å². The van der Waals surface area contributed by atoms with Crippen molar-refractivity contribution >= 4 is 28.8 Å². The molecule has 0 spiro atoms. The highest BCUT2D eigenvalue weighted by Gasteiger charge is 2.05. The van der Waals surface area contributed by atoms with Crippen LogP contribution in [0, 0.1) is 0 Å². The predicted molar refractivity (Wildman–Crippen MR) is 123 cm³/mol. The van der Waals surface area contributed by atoms with Gasteiger partial charge in [0.05, 0.1) is 10.9 Å². The van der Waals surface area contributed by atoms with Crippen LogP contribution >= 0.6 is 0 Å². The van der Waals surface area contributed by atoms with Gasteiger partial charge in [-0.15, -0.1) is 0 Å². The summed E-state index contributed by atoms with van der Waals surface area (Å²) in [6, 6.07) is 24.2. The van der Waals surface area contributed by atoms with Crippen LogP contribution in [0.1, 0.15) is 11.1 Å². The number of fused-ring (bicyclic) bond motifs is 1. The number of allylic oxidation sites excluding steroid dienone is 2. The van der Waals surface area contributed by atoms with E-state index in [2.05, 4.69) is 4.98 Å². The van der Waals surface area contributed by atoms with E-state index in [0.717, 1.165) is 11.1 Å². The van der Waals surface area contributed by atoms with E-state index in [1.54, 1.807) is 36.4 Å². The van der Waals surface area contributed by atoms with E-state index in [9.17, 15) is 9.59 Å². The molecule has 3 aromatic carbocycles. The standard InChI is InChI=1S/C26H20N2O3/c29-22(16-14-20-8-2-1-3-9-20)17-15-21-10-4-7-13-25(21)31-19-28-18-27-24-12-6-5-11-23(24)26(28)30/h1-18H,19H2/b16-14+,17-15+. The van der Waals surface area contributed by atoms with E-state index in [0.29, 0.717) is 16.7 Å². The molecular weight excluding hydrogens is 388 g/mol. The summed E-state index contributed by atoms with van der Waals surface area (Å²) in [5.74, 6) is 0.437. The fourth-order valence-electron chi connectivity index (χ4n) is 3.06. The van der Waals surface area contributed by atoms with Crippen molar-refractivity contribution in [1.82, 2.24) is 9.55 Å². The zero-order valence-corrected chi connectivity index (χ0v) is 16.7. The van der Waals surface area contributed by atoms with Crippen LogP contribution in [-0.2, 0) is 11.5 Å². The maximum Gasteiger partial charge on any atom is 0.263 e. The van der Waals surface area contributed by atoms with E-state index in [-0.39, 0.29) is 18.1 Å². The first-order valence-electron chi connectivity index (χ1n) is 9.82. The number of carbonyl (C=O) groups excluding carboxylic acids is 1. The molecule has 0 fully saturated rings. The number of ether oxygens (including phenoxy) is 1. The number of aromatic nitrogens is 2. The maximum absolute atomic E-state index is 12.6. The molecular formula is C26H20N2O3. The number of nitrogens with zero attached hydrogens (tertiary/aromatic N) is 2. The van der Waals surface area contributed by atoms with Crippen LogP contribution < -0.4 is 10.3 Å². The van der Waals surface area contributed by atoms with Crippen molar-refractivity contribution < 1.29 is 9.53 Å². The lowest BCUT2D eigenvalue weighted by atomic mass is 10.1. The van der Waals surface area contributed by atoms with Gasteiger partial charge in [-0.25, -0.2) is 4.98 Å². The van der Waals surface area contributed by atoms with Crippen molar-refractivity contribution in [3.05, 3.63) is 119 Å². The topological polar surface area (TPSA) is 61.2 Å². The van der Waals surface area contributed by atoms with E-state index in [1.807, 2.05) is 54.6 Å². The summed E-state index contributed by atoms with van der Waals surface area (Å²) >= 11 is 0. The predicted octanol–water partition coefficient (Wildman–Crippen LogP) is 4.73. The Balaban J connectivity index is 1.47. The van der Waals surface area contributed by atoms with Gasteiger partial charge in [0.2, 0.25) is 0 Å². The minimum Gasteiger partial charge on any atom is -0.472 e. The van der Waals surface area contributed by atoms with Crippen LogP contribution in [0.15, 0.2) is 102 Å². The lowest BCUT2D eigenvalue weighted by molar-refractivity contribution is -0.110. The molecule has 0 bridgehead atoms. The zero-order valence-electron chi connectivity index (χ0n) is 16.7. The summed E-state index contributed by atoms with van der Waals surface area (Å²) in [6.07, 6.45) is 7.96. The van der Waals surface area contributed by atoms with Gasteiger partial charge in [-0.1, -0.05) is 66.7 Å². The molecule has 0 atom stereocenters. The van der Waals surface area contributed by atoms with Crippen LogP contribution in [0.3, 0.4) is 0 Å². The first kappa shape index (κ1) is 20.0. The molecule has 0 saturated heterocycles. The molecule has 31 heavy (non-hydrogen) atoms. The number of ketones is 1. The van der Waals surface area contributed by atoms with Gasteiger partial charge in [0.1, 0.15) is 12.1 Å². The van der Waals surface area contributed by atoms with Crippen LogP contribution in [-0.4, -0.2) is 15.3 Å². The molecule has 0 aliphatic heterocycles. The third-order valence-corrected chi connectivity index (χ3v) is 4.68. The summed E-state index contributed by atoms with van der Waals surface area (Å²) in [5, 5.41) is 0.539. The molecule has 0 aliphatic rings. The van der Waals surface area contributed by atoms with Gasteiger partial charge in [-0.3, -0.25) is 14.2 Å². The molecule has 152 valence electrons. The summed E-state index contributed by atoms with van der Waals surface area (Å²) in [4.78, 5) is 29.1. The normalized spacial score (nSPS) is 11.4. The molecule has 5 heteroatoms. The van der Waals surface area contributed by atoms with Crippen molar-refractivity contribution in [1.29, 1.82) is 0 Å². The monoisotopic (exact) mass is 408 g/mol. The van der Waals surface area contributed by atoms with Crippen LogP contribution in [0.5, 0.6) is 5.75 Å². The minimum absolute atomic E-state index is 0.0172. The molecule has 0 unspecified atom stereocenters. The number of rotatable bonds is 7. The average molecular weight is 408 g/mol. The average Bonchev–Trinajstić information content (AvgIpc) is 2.82. The second-order valence-electron chi connectivity index (χ2n) is 6.83. The van der Waals surface area contributed by atoms with Gasteiger partial charge in [0.15, 0.2) is 12.5 Å². The van der Waals surface area contributed by atoms with Gasteiger partial charge in [-0.05, 0) is 42.0 Å². The van der Waals surface area contributed by atoms with E-state index < -0.39 is 0 Å². The SMILES string of the molecule is O=C(/C=C/c1ccccc1)/C=C/c1ccccc1OCn1cnc2ccccc2c1=O. The Morgan fingerprint density at radius 2 is 1.58 bits per heavy atom. The molecule has 0 radical (unpaired) electrons. The van der Waals surface area contributed by atoms with Gasteiger partial charge >= 0.3 is 0 Å². The highest BCUT2D eigenvalue weighted by molar-refractivity contribution is 6.04. The van der Waals surface area contributed by atoms with Crippen molar-refractivity contribution in [2.24, 2.45) is 0 Å². The number of carbonyl (C=O) groups is 1. The highest BCUT2D eigenvalue weighted by atomic mass is 16.5. The smallest absolute Gasteiger partial charge is 0.263 e. The Morgan fingerprint density at radius 3 is 2.45 bits per heavy atom. The van der Waals surface area contributed by atoms with Gasteiger partial charge in [0, 0.05) is 5.56 Å². The largest absolute Gasteiger partial charge is 0.472 e. The Kier molecular flexibility index (Phi) is 6.14. The van der Waals surface area contributed by atoms with Crippen LogP contribution in [0.4, 0.5) is 0 Å². The number of hydrogen-bond acceptors (Lipinski definition) is 4. The van der Waals surface area contributed by atoms with Crippen molar-refractivity contribution in [2.45, 2.75) is 6.73 Å². The molecule has 0 N–H and O–H groups in total. The van der Waals surface area contributed by atoms with Crippen LogP contribution in [0.25, 0.3) is 23.1 Å². The van der Waals surface area contributed by atoms with E-state index in [1.165, 1.54) is 23.0 Å². The van der Waals surface area contributed by atoms with E-state index >= 15 is 0 Å². The molecule has 0 aliphatic carbocycles.